The number of anilines is 2. The fourth-order valence-electron chi connectivity index (χ4n) is 4.59. The summed E-state index contributed by atoms with van der Waals surface area (Å²) in [7, 11) is 1.37. The summed E-state index contributed by atoms with van der Waals surface area (Å²) < 4.78 is 47.8. The predicted molar refractivity (Wildman–Crippen MR) is 146 cm³/mol. The van der Waals surface area contributed by atoms with Crippen molar-refractivity contribution in [3.8, 4) is 11.3 Å². The van der Waals surface area contributed by atoms with Crippen LogP contribution in [0.3, 0.4) is 0 Å². The summed E-state index contributed by atoms with van der Waals surface area (Å²) in [5.41, 5.74) is 4.17. The number of aromatic nitrogens is 2. The molecule has 1 heterocycles. The molecule has 0 unspecified atom stereocenters. The Kier molecular flexibility index (Phi) is 7.36. The molecule has 5 rings (SSSR count). The largest absolute Gasteiger partial charge is 0.469 e. The molecule has 198 valence electrons. The highest BCUT2D eigenvalue weighted by atomic mass is 19.4. The molecule has 1 aromatic heterocycles. The third kappa shape index (κ3) is 5.95. The van der Waals surface area contributed by atoms with Gasteiger partial charge in [0, 0.05) is 28.7 Å². The third-order valence-corrected chi connectivity index (χ3v) is 6.47. The molecule has 0 amide bonds. The van der Waals surface area contributed by atoms with Crippen LogP contribution in [0.25, 0.3) is 22.2 Å². The van der Waals surface area contributed by atoms with Gasteiger partial charge in [-0.25, -0.2) is 0 Å². The van der Waals surface area contributed by atoms with Crippen molar-refractivity contribution >= 4 is 28.2 Å². The van der Waals surface area contributed by atoms with E-state index in [1.54, 1.807) is 10.7 Å². The number of ether oxygens (including phenoxy) is 1. The number of nitrogens with zero attached hydrogens (tertiary/aromatic N) is 2. The molecule has 0 atom stereocenters. The zero-order valence-corrected chi connectivity index (χ0v) is 21.2. The molecule has 5 aromatic rings. The lowest BCUT2D eigenvalue weighted by Crippen LogP contribution is -2.06. The second kappa shape index (κ2) is 11.0. The van der Waals surface area contributed by atoms with Gasteiger partial charge in [0.05, 0.1) is 24.9 Å². The summed E-state index contributed by atoms with van der Waals surface area (Å²) in [4.78, 5) is 11.5. The van der Waals surface area contributed by atoms with E-state index in [0.29, 0.717) is 30.5 Å². The van der Waals surface area contributed by atoms with Crippen LogP contribution < -0.4 is 5.32 Å². The van der Waals surface area contributed by atoms with E-state index in [4.69, 9.17) is 4.74 Å². The molecule has 5 nitrogen and oxygen atoms in total. The van der Waals surface area contributed by atoms with Crippen LogP contribution in [-0.4, -0.2) is 22.9 Å². The van der Waals surface area contributed by atoms with Gasteiger partial charge in [-0.05, 0) is 47.9 Å². The average molecular weight is 530 g/mol. The van der Waals surface area contributed by atoms with Crippen LogP contribution in [0.2, 0.25) is 0 Å². The van der Waals surface area contributed by atoms with Crippen molar-refractivity contribution in [2.24, 2.45) is 0 Å². The van der Waals surface area contributed by atoms with Crippen LogP contribution in [0.1, 0.15) is 23.1 Å². The summed E-state index contributed by atoms with van der Waals surface area (Å²) in [5, 5.41) is 8.23. The molecule has 0 aliphatic carbocycles. The van der Waals surface area contributed by atoms with Crippen LogP contribution in [0.5, 0.6) is 0 Å². The van der Waals surface area contributed by atoms with Crippen LogP contribution >= 0.6 is 0 Å². The van der Waals surface area contributed by atoms with E-state index in [9.17, 15) is 18.0 Å². The molecule has 0 spiro atoms. The molecule has 8 heteroatoms. The van der Waals surface area contributed by atoms with Gasteiger partial charge >= 0.3 is 12.1 Å². The number of fused-ring (bicyclic) bond motifs is 1. The maximum atomic E-state index is 13.8. The Bertz CT molecular complexity index is 1590. The number of methoxy groups -OCH3 is 1. The van der Waals surface area contributed by atoms with E-state index in [0.717, 1.165) is 34.1 Å². The molecule has 0 bridgehead atoms. The molecule has 0 aliphatic heterocycles. The molecule has 4 aromatic carbocycles. The highest BCUT2D eigenvalue weighted by Crippen LogP contribution is 2.38. The van der Waals surface area contributed by atoms with E-state index in [2.05, 4.69) is 10.4 Å². The van der Waals surface area contributed by atoms with E-state index in [1.807, 2.05) is 78.9 Å². The van der Waals surface area contributed by atoms with Gasteiger partial charge in [-0.3, -0.25) is 9.48 Å². The van der Waals surface area contributed by atoms with Crippen molar-refractivity contribution in [3.63, 3.8) is 0 Å². The fourth-order valence-corrected chi connectivity index (χ4v) is 4.59. The Morgan fingerprint density at radius 1 is 0.872 bits per heavy atom. The zero-order chi connectivity index (χ0) is 27.4. The van der Waals surface area contributed by atoms with Gasteiger partial charge in [0.1, 0.15) is 5.52 Å². The van der Waals surface area contributed by atoms with Gasteiger partial charge in [0.15, 0.2) is 0 Å². The normalized spacial score (nSPS) is 11.5. The minimum Gasteiger partial charge on any atom is -0.469 e. The van der Waals surface area contributed by atoms with Gasteiger partial charge in [-0.2, -0.15) is 18.3 Å². The van der Waals surface area contributed by atoms with E-state index in [1.165, 1.54) is 13.2 Å². The number of hydrogen-bond donors (Lipinski definition) is 1. The minimum absolute atomic E-state index is 0.0677. The number of carbonyl (C=O) groups is 1. The first-order chi connectivity index (χ1) is 18.8. The molecule has 0 aliphatic rings. The number of aryl methyl sites for hydroxylation is 1. The van der Waals surface area contributed by atoms with Gasteiger partial charge in [-0.15, -0.1) is 0 Å². The molecule has 39 heavy (non-hydrogen) atoms. The molecule has 0 fully saturated rings. The second-order valence-electron chi connectivity index (χ2n) is 9.17. The first-order valence-electron chi connectivity index (χ1n) is 12.5. The van der Waals surface area contributed by atoms with E-state index >= 15 is 0 Å². The molecule has 0 saturated heterocycles. The Morgan fingerprint density at radius 2 is 1.59 bits per heavy atom. The third-order valence-electron chi connectivity index (χ3n) is 6.47. The maximum absolute atomic E-state index is 13.8. The van der Waals surface area contributed by atoms with Crippen LogP contribution in [-0.2, 0) is 28.7 Å². The SMILES string of the molecule is COC(=O)CCc1cccc(Nc2ccc(-c3c4cccc(C(F)(F)F)c4nn3Cc3ccccc3)cc2)c1. The predicted octanol–water partition coefficient (Wildman–Crippen LogP) is 7.62. The summed E-state index contributed by atoms with van der Waals surface area (Å²) in [6.07, 6.45) is -3.64. The standard InChI is InChI=1S/C31H26F3N3O2/c1-39-28(38)18-13-21-9-5-10-25(19-21)35-24-16-14-23(15-17-24)30-26-11-6-12-27(31(32,33)34)29(26)36-37(30)20-22-7-3-2-4-8-22/h2-12,14-17,19,35H,13,18,20H2,1H3. The van der Waals surface area contributed by atoms with Crippen LogP contribution in [0.15, 0.2) is 97.1 Å². The number of carbonyl (C=O) groups excluding carboxylic acids is 1. The lowest BCUT2D eigenvalue weighted by atomic mass is 10.0. The van der Waals surface area contributed by atoms with E-state index < -0.39 is 11.7 Å². The Balaban J connectivity index is 1.47. The Labute approximate surface area is 223 Å². The first-order valence-corrected chi connectivity index (χ1v) is 12.5. The zero-order valence-electron chi connectivity index (χ0n) is 21.2. The van der Waals surface area contributed by atoms with Crippen LogP contribution in [0.4, 0.5) is 24.5 Å². The molecule has 0 radical (unpaired) electrons. The summed E-state index contributed by atoms with van der Waals surface area (Å²) >= 11 is 0. The quantitative estimate of drug-likeness (QED) is 0.210. The monoisotopic (exact) mass is 529 g/mol. The van der Waals surface area contributed by atoms with Crippen molar-refractivity contribution in [1.82, 2.24) is 9.78 Å². The smallest absolute Gasteiger partial charge is 0.418 e. The average Bonchev–Trinajstić information content (AvgIpc) is 3.30. The molecule has 1 N–H and O–H groups in total. The van der Waals surface area contributed by atoms with Gasteiger partial charge in [0.2, 0.25) is 0 Å². The Hall–Kier alpha value is -4.59. The fraction of sp³-hybridized carbons (Fsp3) is 0.161. The number of hydrogen-bond acceptors (Lipinski definition) is 4. The van der Waals surface area contributed by atoms with Crippen LogP contribution in [0, 0.1) is 0 Å². The van der Waals surface area contributed by atoms with Crippen molar-refractivity contribution in [2.45, 2.75) is 25.6 Å². The number of alkyl halides is 3. The van der Waals surface area contributed by atoms with Crippen molar-refractivity contribution in [2.75, 3.05) is 12.4 Å². The lowest BCUT2D eigenvalue weighted by Gasteiger charge is -2.11. The highest BCUT2D eigenvalue weighted by Gasteiger charge is 2.34. The number of nitrogens with one attached hydrogen (secondary N) is 1. The van der Waals surface area contributed by atoms with Gasteiger partial charge in [-0.1, -0.05) is 66.7 Å². The van der Waals surface area contributed by atoms with Crippen molar-refractivity contribution < 1.29 is 22.7 Å². The van der Waals surface area contributed by atoms with Crippen molar-refractivity contribution in [1.29, 1.82) is 0 Å². The summed E-state index contributed by atoms with van der Waals surface area (Å²) in [5.74, 6) is -0.259. The number of rotatable bonds is 8. The topological polar surface area (TPSA) is 56.1 Å². The highest BCUT2D eigenvalue weighted by molar-refractivity contribution is 5.95. The van der Waals surface area contributed by atoms with Gasteiger partial charge < -0.3 is 10.1 Å². The lowest BCUT2D eigenvalue weighted by molar-refractivity contribution is -0.140. The minimum atomic E-state index is -4.51. The van der Waals surface area contributed by atoms with Crippen molar-refractivity contribution in [3.05, 3.63) is 114 Å². The molecule has 0 saturated carbocycles. The van der Waals surface area contributed by atoms with Gasteiger partial charge in [0.25, 0.3) is 0 Å². The second-order valence-corrected chi connectivity index (χ2v) is 9.17. The first kappa shape index (κ1) is 26.0. The van der Waals surface area contributed by atoms with E-state index in [-0.39, 0.29) is 11.5 Å². The molecular formula is C31H26F3N3O2. The summed E-state index contributed by atoms with van der Waals surface area (Å²) in [6.45, 7) is 0.334. The Morgan fingerprint density at radius 3 is 2.31 bits per heavy atom. The molecular weight excluding hydrogens is 503 g/mol. The maximum Gasteiger partial charge on any atom is 0.418 e. The number of halogens is 3. The number of esters is 1. The summed E-state index contributed by atoms with van der Waals surface area (Å²) in [6, 6.07) is 29.0. The number of benzene rings is 4.